The average molecular weight is 379 g/mol. The number of rotatable bonds is 2. The zero-order valence-corrected chi connectivity index (χ0v) is 14.8. The molecular weight excluding hydrogens is 367 g/mol. The fourth-order valence-corrected chi connectivity index (χ4v) is 3.89. The predicted molar refractivity (Wildman–Crippen MR) is 96.7 cm³/mol. The molecule has 0 spiro atoms. The first kappa shape index (κ1) is 15.7. The third-order valence-corrected chi connectivity index (χ3v) is 5.60. The van der Waals surface area contributed by atoms with Gasteiger partial charge in [-0.25, -0.2) is 4.98 Å². The number of ether oxygens (including phenoxy) is 1. The lowest BCUT2D eigenvalue weighted by molar-refractivity contribution is 0.0957. The SMILES string of the molecule is O=C1NCCOc2c1cc(Cc1ccc3scnc3c1)c(Cl)c2Cl. The quantitative estimate of drug-likeness (QED) is 0.722. The topological polar surface area (TPSA) is 51.2 Å². The Morgan fingerprint density at radius 1 is 1.25 bits per heavy atom. The molecule has 2 heterocycles. The van der Waals surface area contributed by atoms with Crippen molar-refractivity contribution in [3.8, 4) is 5.75 Å². The molecule has 0 saturated heterocycles. The number of carbonyl (C=O) groups excluding carboxylic acids is 1. The van der Waals surface area contributed by atoms with Gasteiger partial charge < -0.3 is 10.1 Å². The summed E-state index contributed by atoms with van der Waals surface area (Å²) in [5, 5.41) is 3.49. The molecule has 122 valence electrons. The molecule has 0 atom stereocenters. The zero-order chi connectivity index (χ0) is 16.7. The Kier molecular flexibility index (Phi) is 4.08. The summed E-state index contributed by atoms with van der Waals surface area (Å²) in [5.41, 5.74) is 5.04. The summed E-state index contributed by atoms with van der Waals surface area (Å²) in [6.45, 7) is 0.811. The van der Waals surface area contributed by atoms with Crippen molar-refractivity contribution in [2.45, 2.75) is 6.42 Å². The van der Waals surface area contributed by atoms with Crippen LogP contribution in [0.4, 0.5) is 0 Å². The lowest BCUT2D eigenvalue weighted by Gasteiger charge is -2.13. The maximum Gasteiger partial charge on any atom is 0.255 e. The summed E-state index contributed by atoms with van der Waals surface area (Å²) in [5.74, 6) is 0.160. The molecule has 0 radical (unpaired) electrons. The second-order valence-electron chi connectivity index (χ2n) is 5.48. The first-order valence-electron chi connectivity index (χ1n) is 7.37. The molecule has 0 saturated carbocycles. The smallest absolute Gasteiger partial charge is 0.255 e. The third-order valence-electron chi connectivity index (χ3n) is 3.91. The van der Waals surface area contributed by atoms with Crippen LogP contribution in [-0.4, -0.2) is 24.0 Å². The van der Waals surface area contributed by atoms with Gasteiger partial charge in [0.05, 0.1) is 32.9 Å². The number of hydrogen-bond donors (Lipinski definition) is 1. The molecule has 3 aromatic rings. The van der Waals surface area contributed by atoms with Crippen molar-refractivity contribution in [1.29, 1.82) is 0 Å². The van der Waals surface area contributed by atoms with Crippen LogP contribution in [0.2, 0.25) is 10.0 Å². The van der Waals surface area contributed by atoms with Gasteiger partial charge in [0, 0.05) is 0 Å². The van der Waals surface area contributed by atoms with Crippen LogP contribution in [0.25, 0.3) is 10.2 Å². The highest BCUT2D eigenvalue weighted by Crippen LogP contribution is 2.39. The highest BCUT2D eigenvalue weighted by Gasteiger charge is 2.23. The molecule has 4 nitrogen and oxygen atoms in total. The maximum atomic E-state index is 12.2. The molecule has 4 rings (SSSR count). The van der Waals surface area contributed by atoms with Crippen LogP contribution in [0.1, 0.15) is 21.5 Å². The monoisotopic (exact) mass is 378 g/mol. The van der Waals surface area contributed by atoms with Gasteiger partial charge in [0.25, 0.3) is 5.91 Å². The second kappa shape index (κ2) is 6.24. The number of amides is 1. The van der Waals surface area contributed by atoms with Crippen LogP contribution in [0.15, 0.2) is 29.8 Å². The molecule has 0 bridgehead atoms. The van der Waals surface area contributed by atoms with Gasteiger partial charge in [0.1, 0.15) is 11.6 Å². The fraction of sp³-hybridized carbons (Fsp3) is 0.176. The summed E-state index contributed by atoms with van der Waals surface area (Å²) >= 11 is 14.4. The van der Waals surface area contributed by atoms with E-state index < -0.39 is 0 Å². The average Bonchev–Trinajstić information content (AvgIpc) is 2.96. The van der Waals surface area contributed by atoms with Gasteiger partial charge in [-0.1, -0.05) is 29.3 Å². The van der Waals surface area contributed by atoms with E-state index in [0.717, 1.165) is 21.3 Å². The normalized spacial score (nSPS) is 14.0. The molecular formula is C17H12Cl2N2O2S. The molecule has 1 amide bonds. The molecule has 7 heteroatoms. The van der Waals surface area contributed by atoms with Crippen molar-refractivity contribution in [3.05, 3.63) is 56.5 Å². The summed E-state index contributed by atoms with van der Waals surface area (Å²) in [4.78, 5) is 16.5. The lowest BCUT2D eigenvalue weighted by Crippen LogP contribution is -2.24. The van der Waals surface area contributed by atoms with Gasteiger partial charge >= 0.3 is 0 Å². The molecule has 1 aliphatic rings. The first-order chi connectivity index (χ1) is 11.6. The standard InChI is InChI=1S/C17H12Cl2N2O2S/c18-14-10(5-9-1-2-13-12(6-9)21-8-24-13)7-11-16(15(14)19)23-4-3-20-17(11)22/h1-2,6-8H,3-5H2,(H,20,22). The van der Waals surface area contributed by atoms with E-state index in [1.165, 1.54) is 0 Å². The van der Waals surface area contributed by atoms with Crippen LogP contribution in [0, 0.1) is 0 Å². The van der Waals surface area contributed by atoms with E-state index in [2.05, 4.69) is 10.3 Å². The summed E-state index contributed by atoms with van der Waals surface area (Å²) in [6, 6.07) is 7.86. The Balaban J connectivity index is 1.77. The Labute approximate surface area is 152 Å². The van der Waals surface area contributed by atoms with Crippen molar-refractivity contribution in [3.63, 3.8) is 0 Å². The summed E-state index contributed by atoms with van der Waals surface area (Å²) in [7, 11) is 0. The zero-order valence-electron chi connectivity index (χ0n) is 12.4. The molecule has 1 N–H and O–H groups in total. The third kappa shape index (κ3) is 2.73. The van der Waals surface area contributed by atoms with Gasteiger partial charge in [-0.05, 0) is 35.7 Å². The minimum atomic E-state index is -0.197. The van der Waals surface area contributed by atoms with Crippen LogP contribution in [0.5, 0.6) is 5.75 Å². The van der Waals surface area contributed by atoms with Gasteiger partial charge in [-0.3, -0.25) is 4.79 Å². The van der Waals surface area contributed by atoms with E-state index in [1.807, 2.05) is 23.7 Å². The van der Waals surface area contributed by atoms with Gasteiger partial charge in [-0.15, -0.1) is 11.3 Å². The molecule has 0 aliphatic carbocycles. The van der Waals surface area contributed by atoms with E-state index in [1.54, 1.807) is 17.4 Å². The predicted octanol–water partition coefficient (Wildman–Crippen LogP) is 4.32. The first-order valence-corrected chi connectivity index (χ1v) is 9.01. The molecule has 2 aromatic carbocycles. The van der Waals surface area contributed by atoms with Crippen LogP contribution in [0.3, 0.4) is 0 Å². The fourth-order valence-electron chi connectivity index (χ4n) is 2.75. The van der Waals surface area contributed by atoms with Crippen molar-refractivity contribution < 1.29 is 9.53 Å². The van der Waals surface area contributed by atoms with Crippen LogP contribution < -0.4 is 10.1 Å². The molecule has 24 heavy (non-hydrogen) atoms. The maximum absolute atomic E-state index is 12.2. The van der Waals surface area contributed by atoms with Gasteiger partial charge in [0.2, 0.25) is 0 Å². The highest BCUT2D eigenvalue weighted by atomic mass is 35.5. The largest absolute Gasteiger partial charge is 0.489 e. The Morgan fingerprint density at radius 3 is 3.00 bits per heavy atom. The van der Waals surface area contributed by atoms with Crippen molar-refractivity contribution in [2.75, 3.05) is 13.2 Å². The van der Waals surface area contributed by atoms with Crippen LogP contribution in [-0.2, 0) is 6.42 Å². The number of hydrogen-bond acceptors (Lipinski definition) is 4. The molecule has 1 aromatic heterocycles. The second-order valence-corrected chi connectivity index (χ2v) is 7.12. The summed E-state index contributed by atoms with van der Waals surface area (Å²) < 4.78 is 6.71. The number of halogens is 2. The van der Waals surface area contributed by atoms with Crippen molar-refractivity contribution in [2.24, 2.45) is 0 Å². The van der Waals surface area contributed by atoms with E-state index in [-0.39, 0.29) is 10.9 Å². The Morgan fingerprint density at radius 2 is 2.12 bits per heavy atom. The number of thiazole rings is 1. The van der Waals surface area contributed by atoms with Crippen LogP contribution >= 0.6 is 34.5 Å². The number of nitrogens with zero attached hydrogens (tertiary/aromatic N) is 1. The minimum Gasteiger partial charge on any atom is -0.489 e. The number of nitrogens with one attached hydrogen (secondary N) is 1. The minimum absolute atomic E-state index is 0.197. The molecule has 0 fully saturated rings. The number of benzene rings is 2. The van der Waals surface area contributed by atoms with E-state index in [0.29, 0.717) is 35.9 Å². The van der Waals surface area contributed by atoms with E-state index >= 15 is 0 Å². The highest BCUT2D eigenvalue weighted by molar-refractivity contribution is 7.16. The van der Waals surface area contributed by atoms with E-state index in [4.69, 9.17) is 27.9 Å². The van der Waals surface area contributed by atoms with Crippen molar-refractivity contribution in [1.82, 2.24) is 10.3 Å². The Hall–Kier alpha value is -1.82. The number of fused-ring (bicyclic) bond motifs is 2. The molecule has 1 aliphatic heterocycles. The molecule has 0 unspecified atom stereocenters. The Bertz CT molecular complexity index is 955. The lowest BCUT2D eigenvalue weighted by atomic mass is 10.0. The van der Waals surface area contributed by atoms with Gasteiger partial charge in [0.15, 0.2) is 5.75 Å². The number of carbonyl (C=O) groups is 1. The van der Waals surface area contributed by atoms with Crippen molar-refractivity contribution >= 4 is 50.7 Å². The number of aromatic nitrogens is 1. The summed E-state index contributed by atoms with van der Waals surface area (Å²) in [6.07, 6.45) is 0.562. The van der Waals surface area contributed by atoms with Gasteiger partial charge in [-0.2, -0.15) is 0 Å². The van der Waals surface area contributed by atoms with E-state index in [9.17, 15) is 4.79 Å².